The molecule has 0 saturated heterocycles. The number of halogens is 3. The Kier molecular flexibility index (Phi) is 4.74. The van der Waals surface area contributed by atoms with Gasteiger partial charge in [0.25, 0.3) is 0 Å². The van der Waals surface area contributed by atoms with Crippen LogP contribution in [-0.4, -0.2) is 40.0 Å². The molecule has 2 aromatic heterocycles. The minimum atomic E-state index is -4.50. The molecule has 1 amide bonds. The van der Waals surface area contributed by atoms with Gasteiger partial charge >= 0.3 is 6.18 Å². The molecule has 0 saturated carbocycles. The molecule has 0 spiro atoms. The fraction of sp³-hybridized carbons (Fsp3) is 0.250. The minimum Gasteiger partial charge on any atom is -0.361 e. The van der Waals surface area contributed by atoms with Crippen LogP contribution in [0.5, 0.6) is 0 Å². The molecule has 1 atom stereocenters. The molecule has 0 fully saturated rings. The zero-order chi connectivity index (χ0) is 18.7. The molecule has 0 aliphatic carbocycles. The van der Waals surface area contributed by atoms with Gasteiger partial charge in [-0.25, -0.2) is 15.0 Å². The Labute approximate surface area is 147 Å². The van der Waals surface area contributed by atoms with Crippen molar-refractivity contribution in [3.8, 4) is 0 Å². The summed E-state index contributed by atoms with van der Waals surface area (Å²) >= 11 is 0. The largest absolute Gasteiger partial charge is 0.433 e. The summed E-state index contributed by atoms with van der Waals surface area (Å²) in [5, 5.41) is 5.82. The fourth-order valence-corrected chi connectivity index (χ4v) is 2.53. The molecule has 2 N–H and O–H groups in total. The van der Waals surface area contributed by atoms with Crippen LogP contribution < -0.4 is 15.5 Å². The summed E-state index contributed by atoms with van der Waals surface area (Å²) in [6, 6.07) is 2.02. The normalized spacial score (nSPS) is 16.4. The Hall–Kier alpha value is -3.17. The maximum absolute atomic E-state index is 12.7. The predicted molar refractivity (Wildman–Crippen MR) is 88.9 cm³/mol. The predicted octanol–water partition coefficient (Wildman–Crippen LogP) is 2.12. The SMILES string of the molecule is C=CC(=O)NCC1CN(c2ccc(C(F)(F)F)nc2)c2nccnc2N1. The highest BCUT2D eigenvalue weighted by Crippen LogP contribution is 2.34. The lowest BCUT2D eigenvalue weighted by atomic mass is 10.2. The molecule has 1 aliphatic rings. The maximum atomic E-state index is 12.7. The van der Waals surface area contributed by atoms with Gasteiger partial charge in [0.15, 0.2) is 11.6 Å². The number of hydrogen-bond donors (Lipinski definition) is 2. The molecule has 2 aromatic rings. The first-order valence-electron chi connectivity index (χ1n) is 7.67. The van der Waals surface area contributed by atoms with Gasteiger partial charge in [0.1, 0.15) is 5.69 Å². The van der Waals surface area contributed by atoms with Crippen molar-refractivity contribution >= 4 is 23.2 Å². The second kappa shape index (κ2) is 6.98. The van der Waals surface area contributed by atoms with Crippen molar-refractivity contribution in [1.29, 1.82) is 0 Å². The zero-order valence-electron chi connectivity index (χ0n) is 13.5. The number of pyridine rings is 1. The first kappa shape index (κ1) is 17.6. The van der Waals surface area contributed by atoms with E-state index < -0.39 is 11.9 Å². The van der Waals surface area contributed by atoms with E-state index in [2.05, 4.69) is 32.2 Å². The van der Waals surface area contributed by atoms with Crippen LogP contribution in [0, 0.1) is 0 Å². The van der Waals surface area contributed by atoms with Crippen molar-refractivity contribution in [2.24, 2.45) is 0 Å². The second-order valence-corrected chi connectivity index (χ2v) is 5.53. The number of amides is 1. The van der Waals surface area contributed by atoms with Crippen molar-refractivity contribution in [1.82, 2.24) is 20.3 Å². The number of aromatic nitrogens is 3. The molecule has 1 unspecified atom stereocenters. The summed E-state index contributed by atoms with van der Waals surface area (Å²) in [5.74, 6) is 0.622. The van der Waals surface area contributed by atoms with Gasteiger partial charge in [-0.2, -0.15) is 13.2 Å². The Balaban J connectivity index is 1.87. The molecule has 0 aromatic carbocycles. The van der Waals surface area contributed by atoms with Crippen LogP contribution in [0.3, 0.4) is 0 Å². The van der Waals surface area contributed by atoms with Crippen LogP contribution in [0.25, 0.3) is 0 Å². The van der Waals surface area contributed by atoms with Gasteiger partial charge in [-0.3, -0.25) is 4.79 Å². The first-order valence-corrected chi connectivity index (χ1v) is 7.67. The van der Waals surface area contributed by atoms with E-state index in [4.69, 9.17) is 0 Å². The summed E-state index contributed by atoms with van der Waals surface area (Å²) in [7, 11) is 0. The molecule has 136 valence electrons. The number of fused-ring (bicyclic) bond motifs is 1. The number of carbonyl (C=O) groups excluding carboxylic acids is 1. The van der Waals surface area contributed by atoms with E-state index in [9.17, 15) is 18.0 Å². The van der Waals surface area contributed by atoms with E-state index in [1.54, 1.807) is 4.90 Å². The Morgan fingerprint density at radius 1 is 1.35 bits per heavy atom. The maximum Gasteiger partial charge on any atom is 0.433 e. The van der Waals surface area contributed by atoms with Crippen molar-refractivity contribution in [2.45, 2.75) is 12.2 Å². The molecular formula is C16H15F3N6O. The number of hydrogen-bond acceptors (Lipinski definition) is 6. The van der Waals surface area contributed by atoms with Crippen molar-refractivity contribution in [2.75, 3.05) is 23.3 Å². The van der Waals surface area contributed by atoms with Crippen LogP contribution >= 0.6 is 0 Å². The minimum absolute atomic E-state index is 0.231. The van der Waals surface area contributed by atoms with Gasteiger partial charge in [0.2, 0.25) is 5.91 Å². The molecule has 7 nitrogen and oxygen atoms in total. The van der Waals surface area contributed by atoms with Crippen LogP contribution in [-0.2, 0) is 11.0 Å². The van der Waals surface area contributed by atoms with Crippen LogP contribution in [0.1, 0.15) is 5.69 Å². The van der Waals surface area contributed by atoms with Crippen molar-refractivity contribution < 1.29 is 18.0 Å². The standard InChI is InChI=1S/C16H15F3N6O/c1-2-13(26)23-7-10-9-25(15-14(24-10)20-5-6-21-15)11-3-4-12(22-8-11)16(17,18)19/h2-6,8,10H,1,7,9H2,(H,20,24)(H,23,26). The average molecular weight is 364 g/mol. The summed E-state index contributed by atoms with van der Waals surface area (Å²) in [6.45, 7) is 4.03. The first-order chi connectivity index (χ1) is 12.4. The van der Waals surface area contributed by atoms with E-state index in [1.165, 1.54) is 18.5 Å². The summed E-state index contributed by atoms with van der Waals surface area (Å²) < 4.78 is 38.1. The van der Waals surface area contributed by atoms with E-state index in [0.717, 1.165) is 18.3 Å². The topological polar surface area (TPSA) is 83.0 Å². The molecular weight excluding hydrogens is 349 g/mol. The smallest absolute Gasteiger partial charge is 0.361 e. The summed E-state index contributed by atoms with van der Waals surface area (Å²) in [4.78, 5) is 25.0. The highest BCUT2D eigenvalue weighted by molar-refractivity contribution is 5.87. The highest BCUT2D eigenvalue weighted by atomic mass is 19.4. The van der Waals surface area contributed by atoms with Crippen LogP contribution in [0.2, 0.25) is 0 Å². The molecule has 0 bridgehead atoms. The van der Waals surface area contributed by atoms with E-state index >= 15 is 0 Å². The van der Waals surface area contributed by atoms with Gasteiger partial charge < -0.3 is 15.5 Å². The lowest BCUT2D eigenvalue weighted by Gasteiger charge is -2.35. The summed E-state index contributed by atoms with van der Waals surface area (Å²) in [5.41, 5.74) is -0.521. The highest BCUT2D eigenvalue weighted by Gasteiger charge is 2.33. The third kappa shape index (κ3) is 3.73. The van der Waals surface area contributed by atoms with Gasteiger partial charge in [-0.05, 0) is 18.2 Å². The molecule has 10 heteroatoms. The molecule has 3 rings (SSSR count). The second-order valence-electron chi connectivity index (χ2n) is 5.53. The molecule has 0 radical (unpaired) electrons. The lowest BCUT2D eigenvalue weighted by molar-refractivity contribution is -0.141. The number of nitrogens with zero attached hydrogens (tertiary/aromatic N) is 4. The zero-order valence-corrected chi connectivity index (χ0v) is 13.5. The number of nitrogens with one attached hydrogen (secondary N) is 2. The Morgan fingerprint density at radius 3 is 2.77 bits per heavy atom. The number of alkyl halides is 3. The number of anilines is 3. The Bertz CT molecular complexity index is 808. The van der Waals surface area contributed by atoms with Gasteiger partial charge in [-0.15, -0.1) is 0 Å². The van der Waals surface area contributed by atoms with E-state index in [1.807, 2.05) is 0 Å². The third-order valence-corrected chi connectivity index (χ3v) is 3.74. The molecule has 26 heavy (non-hydrogen) atoms. The fourth-order valence-electron chi connectivity index (χ4n) is 2.53. The van der Waals surface area contributed by atoms with Crippen LogP contribution in [0.4, 0.5) is 30.5 Å². The third-order valence-electron chi connectivity index (χ3n) is 3.74. The monoisotopic (exact) mass is 364 g/mol. The quantitative estimate of drug-likeness (QED) is 0.809. The van der Waals surface area contributed by atoms with Crippen LogP contribution in [0.15, 0.2) is 43.4 Å². The van der Waals surface area contributed by atoms with E-state index in [-0.39, 0.29) is 18.5 Å². The average Bonchev–Trinajstić information content (AvgIpc) is 2.64. The van der Waals surface area contributed by atoms with Gasteiger partial charge in [0, 0.05) is 25.5 Å². The van der Waals surface area contributed by atoms with Crippen molar-refractivity contribution in [3.63, 3.8) is 0 Å². The molecule has 3 heterocycles. The lowest BCUT2D eigenvalue weighted by Crippen LogP contribution is -2.46. The van der Waals surface area contributed by atoms with Gasteiger partial charge in [-0.1, -0.05) is 6.58 Å². The van der Waals surface area contributed by atoms with Gasteiger partial charge in [0.05, 0.1) is 17.9 Å². The number of rotatable bonds is 4. The van der Waals surface area contributed by atoms with E-state index in [0.29, 0.717) is 23.9 Å². The molecule has 1 aliphatic heterocycles. The van der Waals surface area contributed by atoms with Crippen molar-refractivity contribution in [3.05, 3.63) is 49.1 Å². The summed E-state index contributed by atoms with van der Waals surface area (Å²) in [6.07, 6.45) is 0.794. The Morgan fingerprint density at radius 2 is 2.12 bits per heavy atom. The number of carbonyl (C=O) groups is 1.